The summed E-state index contributed by atoms with van der Waals surface area (Å²) in [5.41, 5.74) is 5.75. The van der Waals surface area contributed by atoms with Gasteiger partial charge in [-0.25, -0.2) is 0 Å². The molecule has 0 aliphatic carbocycles. The second-order valence-corrected chi connectivity index (χ2v) is 3.43. The quantitative estimate of drug-likeness (QED) is 0.765. The molecule has 0 aliphatic rings. The SMILES string of the molecule is CCC(C)Cn1cccc(N)c1=O. The van der Waals surface area contributed by atoms with E-state index >= 15 is 0 Å². The van der Waals surface area contributed by atoms with Crippen molar-refractivity contribution in [2.45, 2.75) is 26.8 Å². The lowest BCUT2D eigenvalue weighted by atomic mass is 10.1. The molecule has 0 saturated heterocycles. The molecule has 1 aromatic heterocycles. The Morgan fingerprint density at radius 1 is 1.62 bits per heavy atom. The summed E-state index contributed by atoms with van der Waals surface area (Å²) in [7, 11) is 0. The topological polar surface area (TPSA) is 48.0 Å². The van der Waals surface area contributed by atoms with Crippen LogP contribution in [0.2, 0.25) is 0 Å². The number of nitrogens with zero attached hydrogens (tertiary/aromatic N) is 1. The number of pyridine rings is 1. The Morgan fingerprint density at radius 2 is 2.31 bits per heavy atom. The van der Waals surface area contributed by atoms with Gasteiger partial charge in [-0.2, -0.15) is 0 Å². The molecule has 13 heavy (non-hydrogen) atoms. The molecular formula is C10H16N2O. The summed E-state index contributed by atoms with van der Waals surface area (Å²) in [6.45, 7) is 4.98. The van der Waals surface area contributed by atoms with E-state index in [1.807, 2.05) is 0 Å². The monoisotopic (exact) mass is 180 g/mol. The molecule has 0 radical (unpaired) electrons. The van der Waals surface area contributed by atoms with Crippen LogP contribution in [0, 0.1) is 5.92 Å². The highest BCUT2D eigenvalue weighted by atomic mass is 16.1. The van der Waals surface area contributed by atoms with E-state index in [0.717, 1.165) is 13.0 Å². The molecule has 3 nitrogen and oxygen atoms in total. The highest BCUT2D eigenvalue weighted by Gasteiger charge is 2.03. The maximum Gasteiger partial charge on any atom is 0.273 e. The summed E-state index contributed by atoms with van der Waals surface area (Å²) in [5.74, 6) is 0.513. The van der Waals surface area contributed by atoms with Gasteiger partial charge in [0.15, 0.2) is 0 Å². The van der Waals surface area contributed by atoms with Crippen molar-refractivity contribution in [1.82, 2.24) is 4.57 Å². The van der Waals surface area contributed by atoms with Crippen LogP contribution >= 0.6 is 0 Å². The van der Waals surface area contributed by atoms with Crippen LogP contribution in [0.5, 0.6) is 0 Å². The molecule has 0 amide bonds. The van der Waals surface area contributed by atoms with Crippen LogP contribution in [-0.4, -0.2) is 4.57 Å². The van der Waals surface area contributed by atoms with Crippen molar-refractivity contribution in [2.75, 3.05) is 5.73 Å². The van der Waals surface area contributed by atoms with Gasteiger partial charge >= 0.3 is 0 Å². The van der Waals surface area contributed by atoms with Crippen molar-refractivity contribution in [1.29, 1.82) is 0 Å². The zero-order valence-electron chi connectivity index (χ0n) is 8.16. The number of aromatic nitrogens is 1. The molecule has 0 fully saturated rings. The van der Waals surface area contributed by atoms with Gasteiger partial charge in [0.25, 0.3) is 5.56 Å². The number of nitrogen functional groups attached to an aromatic ring is 1. The summed E-state index contributed by atoms with van der Waals surface area (Å²) in [6, 6.07) is 3.44. The van der Waals surface area contributed by atoms with Crippen LogP contribution in [0.1, 0.15) is 20.3 Å². The third-order valence-corrected chi connectivity index (χ3v) is 2.25. The molecule has 72 valence electrons. The van der Waals surface area contributed by atoms with Gasteiger partial charge in [0.05, 0.1) is 5.69 Å². The Kier molecular flexibility index (Phi) is 3.12. The van der Waals surface area contributed by atoms with Gasteiger partial charge in [0.1, 0.15) is 0 Å². The zero-order chi connectivity index (χ0) is 9.84. The maximum atomic E-state index is 11.5. The number of anilines is 1. The van der Waals surface area contributed by atoms with Crippen LogP contribution in [0.15, 0.2) is 23.1 Å². The molecule has 1 aromatic rings. The van der Waals surface area contributed by atoms with E-state index in [2.05, 4.69) is 13.8 Å². The van der Waals surface area contributed by atoms with Crippen molar-refractivity contribution in [3.05, 3.63) is 28.7 Å². The van der Waals surface area contributed by atoms with Gasteiger partial charge in [-0.05, 0) is 18.1 Å². The van der Waals surface area contributed by atoms with Gasteiger partial charge in [0, 0.05) is 12.7 Å². The highest BCUT2D eigenvalue weighted by molar-refractivity contribution is 5.33. The predicted molar refractivity (Wildman–Crippen MR) is 54.6 cm³/mol. The molecular weight excluding hydrogens is 164 g/mol. The Bertz CT molecular complexity index is 330. The molecule has 3 heteroatoms. The fourth-order valence-corrected chi connectivity index (χ4v) is 1.16. The van der Waals surface area contributed by atoms with Crippen LogP contribution in [0.3, 0.4) is 0 Å². The lowest BCUT2D eigenvalue weighted by Crippen LogP contribution is -2.24. The molecule has 0 saturated carbocycles. The standard InChI is InChI=1S/C10H16N2O/c1-3-8(2)7-12-6-4-5-9(11)10(12)13/h4-6,8H,3,7,11H2,1-2H3. The van der Waals surface area contributed by atoms with Crippen molar-refractivity contribution < 1.29 is 0 Å². The zero-order valence-corrected chi connectivity index (χ0v) is 8.16. The van der Waals surface area contributed by atoms with Gasteiger partial charge in [-0.1, -0.05) is 20.3 Å². The smallest absolute Gasteiger partial charge is 0.273 e. The Balaban J connectivity index is 2.89. The van der Waals surface area contributed by atoms with E-state index in [9.17, 15) is 4.79 Å². The third-order valence-electron chi connectivity index (χ3n) is 2.25. The predicted octanol–water partition coefficient (Wildman–Crippen LogP) is 1.48. The first-order chi connectivity index (χ1) is 6.15. The van der Waals surface area contributed by atoms with E-state index in [-0.39, 0.29) is 5.56 Å². The Labute approximate surface area is 78.2 Å². The summed E-state index contributed by atoms with van der Waals surface area (Å²) in [6.07, 6.45) is 2.85. The largest absolute Gasteiger partial charge is 0.394 e. The first-order valence-electron chi connectivity index (χ1n) is 4.60. The molecule has 2 N–H and O–H groups in total. The summed E-state index contributed by atoms with van der Waals surface area (Å²) < 4.78 is 1.67. The molecule has 0 aromatic carbocycles. The van der Waals surface area contributed by atoms with E-state index in [1.54, 1.807) is 22.9 Å². The van der Waals surface area contributed by atoms with E-state index in [1.165, 1.54) is 0 Å². The van der Waals surface area contributed by atoms with Crippen molar-refractivity contribution in [3.8, 4) is 0 Å². The number of nitrogens with two attached hydrogens (primary N) is 1. The fraction of sp³-hybridized carbons (Fsp3) is 0.500. The van der Waals surface area contributed by atoms with Crippen LogP contribution in [0.25, 0.3) is 0 Å². The van der Waals surface area contributed by atoms with E-state index in [0.29, 0.717) is 11.6 Å². The second-order valence-electron chi connectivity index (χ2n) is 3.43. The average Bonchev–Trinajstić information content (AvgIpc) is 2.13. The number of rotatable bonds is 3. The van der Waals surface area contributed by atoms with Gasteiger partial charge < -0.3 is 10.3 Å². The lowest BCUT2D eigenvalue weighted by molar-refractivity contribution is 0.460. The van der Waals surface area contributed by atoms with E-state index < -0.39 is 0 Å². The Hall–Kier alpha value is -1.25. The minimum absolute atomic E-state index is 0.0807. The molecule has 0 aliphatic heterocycles. The minimum atomic E-state index is -0.0807. The van der Waals surface area contributed by atoms with Gasteiger partial charge in [0.2, 0.25) is 0 Å². The second kappa shape index (κ2) is 4.12. The lowest BCUT2D eigenvalue weighted by Gasteiger charge is -2.10. The molecule has 0 spiro atoms. The maximum absolute atomic E-state index is 11.5. The molecule has 0 bridgehead atoms. The van der Waals surface area contributed by atoms with Gasteiger partial charge in [-0.3, -0.25) is 4.79 Å². The van der Waals surface area contributed by atoms with E-state index in [4.69, 9.17) is 5.73 Å². The van der Waals surface area contributed by atoms with Crippen LogP contribution in [-0.2, 0) is 6.54 Å². The molecule has 1 unspecified atom stereocenters. The summed E-state index contributed by atoms with van der Waals surface area (Å²) in [5, 5.41) is 0. The van der Waals surface area contributed by atoms with Crippen LogP contribution in [0.4, 0.5) is 5.69 Å². The fourth-order valence-electron chi connectivity index (χ4n) is 1.16. The summed E-state index contributed by atoms with van der Waals surface area (Å²) >= 11 is 0. The molecule has 1 atom stereocenters. The molecule has 1 heterocycles. The molecule has 1 rings (SSSR count). The van der Waals surface area contributed by atoms with Crippen LogP contribution < -0.4 is 11.3 Å². The number of hydrogen-bond acceptors (Lipinski definition) is 2. The third kappa shape index (κ3) is 2.34. The Morgan fingerprint density at radius 3 is 2.92 bits per heavy atom. The van der Waals surface area contributed by atoms with Crippen molar-refractivity contribution >= 4 is 5.69 Å². The van der Waals surface area contributed by atoms with Gasteiger partial charge in [-0.15, -0.1) is 0 Å². The normalized spacial score (nSPS) is 12.8. The average molecular weight is 180 g/mol. The highest BCUT2D eigenvalue weighted by Crippen LogP contribution is 2.03. The summed E-state index contributed by atoms with van der Waals surface area (Å²) in [4.78, 5) is 11.5. The van der Waals surface area contributed by atoms with Crippen molar-refractivity contribution in [2.24, 2.45) is 5.92 Å². The number of hydrogen-bond donors (Lipinski definition) is 1. The minimum Gasteiger partial charge on any atom is -0.394 e. The first kappa shape index (κ1) is 9.84. The first-order valence-corrected chi connectivity index (χ1v) is 4.60. The van der Waals surface area contributed by atoms with Crippen molar-refractivity contribution in [3.63, 3.8) is 0 Å².